The Kier molecular flexibility index (Phi) is 6.81. The summed E-state index contributed by atoms with van der Waals surface area (Å²) >= 11 is 0. The number of nitrogens with one attached hydrogen (secondary N) is 1. The van der Waals surface area contributed by atoms with Crippen LogP contribution in [0, 0.1) is 0 Å². The van der Waals surface area contributed by atoms with Gasteiger partial charge in [-0.05, 0) is 43.0 Å². The minimum absolute atomic E-state index is 0.00178. The van der Waals surface area contributed by atoms with E-state index in [1.807, 2.05) is 68.1 Å². The zero-order chi connectivity index (χ0) is 18.2. The molecule has 134 valence electrons. The second kappa shape index (κ2) is 9.06. The van der Waals surface area contributed by atoms with E-state index in [1.54, 1.807) is 0 Å². The van der Waals surface area contributed by atoms with Gasteiger partial charge in [-0.3, -0.25) is 9.59 Å². The summed E-state index contributed by atoms with van der Waals surface area (Å²) in [4.78, 5) is 24.1. The normalized spacial score (nSPS) is 11.8. The number of carbonyl (C=O) groups is 2. The molecule has 1 heterocycles. The van der Waals surface area contributed by atoms with E-state index in [4.69, 9.17) is 4.74 Å². The van der Waals surface area contributed by atoms with Crippen molar-refractivity contribution in [2.24, 2.45) is 0 Å². The van der Waals surface area contributed by atoms with Crippen molar-refractivity contribution in [1.82, 2.24) is 4.57 Å². The number of nitrogens with zero attached hydrogens (tertiary/aromatic N) is 1. The Morgan fingerprint density at radius 3 is 2.24 bits per heavy atom. The van der Waals surface area contributed by atoms with E-state index in [2.05, 4.69) is 5.32 Å². The number of benzene rings is 1. The van der Waals surface area contributed by atoms with Crippen molar-refractivity contribution in [3.8, 4) is 0 Å². The lowest BCUT2D eigenvalue weighted by Gasteiger charge is -2.15. The van der Waals surface area contributed by atoms with Gasteiger partial charge in [-0.2, -0.15) is 0 Å². The van der Waals surface area contributed by atoms with Gasteiger partial charge < -0.3 is 14.6 Å². The standard InChI is InChI=1S/C20H26N2O3/c1-4-16-9-8-10-17(5-2)20(16)21-18(23)14-25-19(24)13-15(3)22-11-6-7-12-22/h6-12,15H,4-5,13-14H2,1-3H3,(H,21,23)/t15-/m0/s1. The second-order valence-electron chi connectivity index (χ2n) is 6.05. The van der Waals surface area contributed by atoms with E-state index in [1.165, 1.54) is 0 Å². The molecule has 1 atom stereocenters. The van der Waals surface area contributed by atoms with Crippen LogP contribution >= 0.6 is 0 Å². The van der Waals surface area contributed by atoms with Gasteiger partial charge in [0.1, 0.15) is 0 Å². The number of anilines is 1. The van der Waals surface area contributed by atoms with Crippen LogP contribution in [0.25, 0.3) is 0 Å². The van der Waals surface area contributed by atoms with Crippen LogP contribution in [0.2, 0.25) is 0 Å². The first-order valence-electron chi connectivity index (χ1n) is 8.73. The van der Waals surface area contributed by atoms with Crippen molar-refractivity contribution in [2.75, 3.05) is 11.9 Å². The molecule has 25 heavy (non-hydrogen) atoms. The van der Waals surface area contributed by atoms with Gasteiger partial charge in [-0.1, -0.05) is 32.0 Å². The fourth-order valence-corrected chi connectivity index (χ4v) is 2.77. The van der Waals surface area contributed by atoms with E-state index in [-0.39, 0.29) is 30.9 Å². The number of aromatic nitrogens is 1. The molecule has 0 aliphatic heterocycles. The molecule has 0 aliphatic rings. The van der Waals surface area contributed by atoms with E-state index in [9.17, 15) is 9.59 Å². The topological polar surface area (TPSA) is 60.3 Å². The molecule has 5 heteroatoms. The molecule has 5 nitrogen and oxygen atoms in total. The molecule has 0 unspecified atom stereocenters. The van der Waals surface area contributed by atoms with Gasteiger partial charge in [-0.15, -0.1) is 0 Å². The highest BCUT2D eigenvalue weighted by Gasteiger charge is 2.14. The van der Waals surface area contributed by atoms with Crippen LogP contribution in [-0.2, 0) is 27.2 Å². The molecule has 2 aromatic rings. The third-order valence-electron chi connectivity index (χ3n) is 4.23. The molecule has 0 aliphatic carbocycles. The van der Waals surface area contributed by atoms with E-state index in [0.717, 1.165) is 29.7 Å². The maximum absolute atomic E-state index is 12.2. The van der Waals surface area contributed by atoms with Gasteiger partial charge in [0.15, 0.2) is 6.61 Å². The summed E-state index contributed by atoms with van der Waals surface area (Å²) in [5, 5.41) is 2.90. The number of rotatable bonds is 8. The van der Waals surface area contributed by atoms with Crippen LogP contribution in [0.5, 0.6) is 0 Å². The number of hydrogen-bond acceptors (Lipinski definition) is 3. The summed E-state index contributed by atoms with van der Waals surface area (Å²) in [6.07, 6.45) is 5.69. The maximum Gasteiger partial charge on any atom is 0.308 e. The average Bonchev–Trinajstić information content (AvgIpc) is 3.15. The summed E-state index contributed by atoms with van der Waals surface area (Å²) in [5.74, 6) is -0.687. The second-order valence-corrected chi connectivity index (χ2v) is 6.05. The summed E-state index contributed by atoms with van der Waals surface area (Å²) < 4.78 is 7.06. The van der Waals surface area contributed by atoms with Crippen molar-refractivity contribution >= 4 is 17.6 Å². The first kappa shape index (κ1) is 18.8. The molecule has 0 spiro atoms. The number of ether oxygens (including phenoxy) is 1. The number of aryl methyl sites for hydroxylation is 2. The minimum Gasteiger partial charge on any atom is -0.455 e. The van der Waals surface area contributed by atoms with E-state index < -0.39 is 0 Å². The fourth-order valence-electron chi connectivity index (χ4n) is 2.77. The number of hydrogen-bond donors (Lipinski definition) is 1. The summed E-state index contributed by atoms with van der Waals surface area (Å²) in [6.45, 7) is 5.77. The van der Waals surface area contributed by atoms with Gasteiger partial charge in [0.25, 0.3) is 5.91 Å². The lowest BCUT2D eigenvalue weighted by molar-refractivity contribution is -0.148. The Hall–Kier alpha value is -2.56. The smallest absolute Gasteiger partial charge is 0.308 e. The highest BCUT2D eigenvalue weighted by atomic mass is 16.5. The quantitative estimate of drug-likeness (QED) is 0.743. The van der Waals surface area contributed by atoms with Crippen molar-refractivity contribution in [2.45, 2.75) is 46.1 Å². The molecular formula is C20H26N2O3. The Labute approximate surface area is 149 Å². The lowest BCUT2D eigenvalue weighted by atomic mass is 10.0. The van der Waals surface area contributed by atoms with Crippen LogP contribution in [0.4, 0.5) is 5.69 Å². The number of para-hydroxylation sites is 1. The van der Waals surface area contributed by atoms with Gasteiger partial charge >= 0.3 is 5.97 Å². The SMILES string of the molecule is CCc1cccc(CC)c1NC(=O)COC(=O)C[C@H](C)n1cccc1. The minimum atomic E-state index is -0.379. The monoisotopic (exact) mass is 342 g/mol. The summed E-state index contributed by atoms with van der Waals surface area (Å²) in [5.41, 5.74) is 3.01. The molecule has 0 saturated heterocycles. The molecule has 0 radical (unpaired) electrons. The van der Waals surface area contributed by atoms with Crippen LogP contribution in [0.1, 0.15) is 44.4 Å². The summed E-state index contributed by atoms with van der Waals surface area (Å²) in [7, 11) is 0. The highest BCUT2D eigenvalue weighted by Crippen LogP contribution is 2.22. The molecule has 1 N–H and O–H groups in total. The molecule has 1 aromatic carbocycles. The third-order valence-corrected chi connectivity index (χ3v) is 4.23. The predicted octanol–water partition coefficient (Wildman–Crippen LogP) is 3.75. The van der Waals surface area contributed by atoms with Crippen LogP contribution in [0.3, 0.4) is 0 Å². The van der Waals surface area contributed by atoms with E-state index in [0.29, 0.717) is 0 Å². The Morgan fingerprint density at radius 1 is 1.08 bits per heavy atom. The molecule has 0 saturated carbocycles. The Morgan fingerprint density at radius 2 is 1.68 bits per heavy atom. The van der Waals surface area contributed by atoms with Crippen molar-refractivity contribution < 1.29 is 14.3 Å². The van der Waals surface area contributed by atoms with Gasteiger partial charge in [0.05, 0.1) is 6.42 Å². The van der Waals surface area contributed by atoms with E-state index >= 15 is 0 Å². The van der Waals surface area contributed by atoms with Crippen LogP contribution in [0.15, 0.2) is 42.7 Å². The molecule has 0 fully saturated rings. The van der Waals surface area contributed by atoms with Crippen LogP contribution in [-0.4, -0.2) is 23.1 Å². The zero-order valence-electron chi connectivity index (χ0n) is 15.1. The summed E-state index contributed by atoms with van der Waals surface area (Å²) in [6, 6.07) is 9.81. The predicted molar refractivity (Wildman–Crippen MR) is 98.5 cm³/mol. The van der Waals surface area contributed by atoms with Gasteiger partial charge in [0.2, 0.25) is 0 Å². The first-order chi connectivity index (χ1) is 12.0. The molecule has 1 aromatic heterocycles. The van der Waals surface area contributed by atoms with Crippen molar-refractivity contribution in [3.63, 3.8) is 0 Å². The first-order valence-corrected chi connectivity index (χ1v) is 8.73. The molecular weight excluding hydrogens is 316 g/mol. The zero-order valence-corrected chi connectivity index (χ0v) is 15.1. The Balaban J connectivity index is 1.87. The highest BCUT2D eigenvalue weighted by molar-refractivity contribution is 5.94. The number of carbonyl (C=O) groups excluding carboxylic acids is 2. The van der Waals surface area contributed by atoms with Crippen molar-refractivity contribution in [1.29, 1.82) is 0 Å². The molecule has 1 amide bonds. The van der Waals surface area contributed by atoms with Crippen molar-refractivity contribution in [3.05, 3.63) is 53.9 Å². The third kappa shape index (κ3) is 5.21. The Bertz CT molecular complexity index is 685. The number of esters is 1. The van der Waals surface area contributed by atoms with Crippen LogP contribution < -0.4 is 5.32 Å². The fraction of sp³-hybridized carbons (Fsp3) is 0.400. The molecule has 0 bridgehead atoms. The van der Waals surface area contributed by atoms with Gasteiger partial charge in [-0.25, -0.2) is 0 Å². The maximum atomic E-state index is 12.2. The number of amides is 1. The average molecular weight is 342 g/mol. The largest absolute Gasteiger partial charge is 0.455 e. The van der Waals surface area contributed by atoms with Gasteiger partial charge in [0, 0.05) is 24.1 Å². The molecule has 2 rings (SSSR count). The lowest BCUT2D eigenvalue weighted by Crippen LogP contribution is -2.23.